The molecule has 1 N–H and O–H groups in total. The van der Waals surface area contributed by atoms with Gasteiger partial charge >= 0.3 is 6.09 Å². The third-order valence-electron chi connectivity index (χ3n) is 4.60. The predicted octanol–water partition coefficient (Wildman–Crippen LogP) is 3.31. The second kappa shape index (κ2) is 10.1. The minimum atomic E-state index is -0.456. The fourth-order valence-corrected chi connectivity index (χ4v) is 3.22. The fraction of sp³-hybridized carbons (Fsp3) is 0.500. The molecule has 1 atom stereocenters. The molecular weight excluding hydrogens is 368 g/mol. The van der Waals surface area contributed by atoms with Crippen molar-refractivity contribution in [3.8, 4) is 23.1 Å². The molecule has 0 bridgehead atoms. The van der Waals surface area contributed by atoms with Gasteiger partial charge in [0, 0.05) is 17.7 Å². The van der Waals surface area contributed by atoms with Gasteiger partial charge in [0.25, 0.3) is 0 Å². The van der Waals surface area contributed by atoms with Gasteiger partial charge in [-0.25, -0.2) is 9.48 Å². The average Bonchev–Trinajstić information content (AvgIpc) is 3.14. The Balaban J connectivity index is 1.58. The molecule has 0 aliphatic carbocycles. The highest BCUT2D eigenvalue weighted by atomic mass is 16.6. The van der Waals surface area contributed by atoms with Crippen LogP contribution in [0.15, 0.2) is 24.4 Å². The van der Waals surface area contributed by atoms with Crippen LogP contribution in [0.1, 0.15) is 44.2 Å². The minimum Gasteiger partial charge on any atom is -0.447 e. The van der Waals surface area contributed by atoms with Crippen molar-refractivity contribution in [2.24, 2.45) is 0 Å². The highest BCUT2D eigenvalue weighted by Gasteiger charge is 2.16. The number of nitrogens with zero attached hydrogens (tertiary/aromatic N) is 3. The van der Waals surface area contributed by atoms with E-state index in [2.05, 4.69) is 27.5 Å². The number of alkyl carbamates (subject to hydrolysis) is 1. The number of aryl methyl sites for hydroxylation is 1. The van der Waals surface area contributed by atoms with E-state index in [1.54, 1.807) is 13.8 Å². The molecule has 3 rings (SSSR count). The zero-order valence-corrected chi connectivity index (χ0v) is 17.3. The van der Waals surface area contributed by atoms with Crippen LogP contribution < -0.4 is 5.32 Å². The maximum Gasteiger partial charge on any atom is 0.408 e. The smallest absolute Gasteiger partial charge is 0.408 e. The summed E-state index contributed by atoms with van der Waals surface area (Å²) in [5, 5.41) is 11.2. The Hall–Kier alpha value is -2.85. The molecule has 154 valence electrons. The van der Waals surface area contributed by atoms with Crippen molar-refractivity contribution in [1.29, 1.82) is 0 Å². The quantitative estimate of drug-likeness (QED) is 0.785. The number of rotatable bonds is 5. The summed E-state index contributed by atoms with van der Waals surface area (Å²) in [5.41, 5.74) is 3.83. The first kappa shape index (κ1) is 20.9. The summed E-state index contributed by atoms with van der Waals surface area (Å²) in [6, 6.07) is 5.97. The van der Waals surface area contributed by atoms with Gasteiger partial charge in [-0.1, -0.05) is 23.1 Å². The molecule has 7 heteroatoms. The van der Waals surface area contributed by atoms with Crippen molar-refractivity contribution < 1.29 is 14.3 Å². The van der Waals surface area contributed by atoms with Crippen molar-refractivity contribution in [3.63, 3.8) is 0 Å². The largest absolute Gasteiger partial charge is 0.447 e. The average molecular weight is 396 g/mol. The lowest BCUT2D eigenvalue weighted by molar-refractivity contribution is 0.00370. The molecule has 0 spiro atoms. The lowest BCUT2D eigenvalue weighted by Gasteiger charge is -2.21. The first-order valence-electron chi connectivity index (χ1n) is 10.1. The van der Waals surface area contributed by atoms with Gasteiger partial charge in [-0.15, -0.1) is 5.10 Å². The highest BCUT2D eigenvalue weighted by molar-refractivity contribution is 5.68. The van der Waals surface area contributed by atoms with E-state index in [-0.39, 0.29) is 18.8 Å². The minimum absolute atomic E-state index is 0.147. The summed E-state index contributed by atoms with van der Waals surface area (Å²) >= 11 is 0. The number of hydrogen-bond acceptors (Lipinski definition) is 5. The van der Waals surface area contributed by atoms with Crippen LogP contribution in [0.3, 0.4) is 0 Å². The molecule has 0 radical (unpaired) electrons. The molecule has 1 aromatic carbocycles. The SMILES string of the molecule is Cc1cc(C#CCNC(=O)OC(C)C)ccc1-c1cn(CC2CCCCO2)nn1. The van der Waals surface area contributed by atoms with Gasteiger partial charge in [0.1, 0.15) is 5.69 Å². The predicted molar refractivity (Wildman–Crippen MR) is 110 cm³/mol. The van der Waals surface area contributed by atoms with Crippen LogP contribution in [-0.4, -0.2) is 46.4 Å². The Morgan fingerprint density at radius 2 is 2.28 bits per heavy atom. The molecule has 1 unspecified atom stereocenters. The standard InChI is InChI=1S/C22H28N4O3/c1-16(2)29-22(27)23-11-6-7-18-9-10-20(17(3)13-18)21-15-26(25-24-21)14-19-8-4-5-12-28-19/h9-10,13,15-16,19H,4-5,8,11-12,14H2,1-3H3,(H,23,27). The highest BCUT2D eigenvalue weighted by Crippen LogP contribution is 2.22. The zero-order valence-electron chi connectivity index (χ0n) is 17.3. The second-order valence-corrected chi connectivity index (χ2v) is 7.45. The van der Waals surface area contributed by atoms with E-state index in [1.807, 2.05) is 36.0 Å². The van der Waals surface area contributed by atoms with Crippen LogP contribution in [0, 0.1) is 18.8 Å². The van der Waals surface area contributed by atoms with Gasteiger partial charge < -0.3 is 14.8 Å². The van der Waals surface area contributed by atoms with E-state index in [1.165, 1.54) is 6.42 Å². The number of aromatic nitrogens is 3. The lowest BCUT2D eigenvalue weighted by Crippen LogP contribution is -2.26. The molecule has 0 saturated carbocycles. The first-order valence-corrected chi connectivity index (χ1v) is 10.1. The molecular formula is C22H28N4O3. The molecule has 1 aliphatic rings. The fourth-order valence-electron chi connectivity index (χ4n) is 3.22. The monoisotopic (exact) mass is 396 g/mol. The molecule has 1 saturated heterocycles. The topological polar surface area (TPSA) is 78.3 Å². The number of amides is 1. The van der Waals surface area contributed by atoms with Crippen molar-refractivity contribution in [2.75, 3.05) is 13.2 Å². The molecule has 7 nitrogen and oxygen atoms in total. The molecule has 2 heterocycles. The van der Waals surface area contributed by atoms with Crippen LogP contribution in [-0.2, 0) is 16.0 Å². The van der Waals surface area contributed by atoms with Crippen LogP contribution in [0.5, 0.6) is 0 Å². The summed E-state index contributed by atoms with van der Waals surface area (Å²) in [4.78, 5) is 11.4. The molecule has 1 fully saturated rings. The van der Waals surface area contributed by atoms with Gasteiger partial charge in [-0.05, 0) is 57.7 Å². The number of nitrogens with one attached hydrogen (secondary N) is 1. The Kier molecular flexibility index (Phi) is 7.25. The van der Waals surface area contributed by atoms with Gasteiger partial charge in [-0.3, -0.25) is 0 Å². The summed E-state index contributed by atoms with van der Waals surface area (Å²) < 4.78 is 12.6. The number of carbonyl (C=O) groups excluding carboxylic acids is 1. The van der Waals surface area contributed by atoms with Crippen molar-refractivity contribution >= 4 is 6.09 Å². The lowest BCUT2D eigenvalue weighted by atomic mass is 10.0. The van der Waals surface area contributed by atoms with E-state index in [9.17, 15) is 4.79 Å². The van der Waals surface area contributed by atoms with Gasteiger partial charge in [0.2, 0.25) is 0 Å². The third-order valence-corrected chi connectivity index (χ3v) is 4.60. The van der Waals surface area contributed by atoms with E-state index in [4.69, 9.17) is 9.47 Å². The van der Waals surface area contributed by atoms with Crippen LogP contribution >= 0.6 is 0 Å². The summed E-state index contributed by atoms with van der Waals surface area (Å²) in [7, 11) is 0. The molecule has 1 aliphatic heterocycles. The summed E-state index contributed by atoms with van der Waals surface area (Å²) in [6.45, 7) is 7.45. The molecule has 1 aromatic heterocycles. The Morgan fingerprint density at radius 3 is 3.00 bits per heavy atom. The number of hydrogen-bond donors (Lipinski definition) is 1. The normalized spacial score (nSPS) is 16.2. The molecule has 29 heavy (non-hydrogen) atoms. The maximum atomic E-state index is 11.4. The van der Waals surface area contributed by atoms with Crippen LogP contribution in [0.2, 0.25) is 0 Å². The summed E-state index contributed by atoms with van der Waals surface area (Å²) in [5.74, 6) is 5.99. The van der Waals surface area contributed by atoms with E-state index >= 15 is 0 Å². The first-order chi connectivity index (χ1) is 14.0. The second-order valence-electron chi connectivity index (χ2n) is 7.45. The van der Waals surface area contributed by atoms with Gasteiger partial charge in [-0.2, -0.15) is 0 Å². The Bertz CT molecular complexity index is 889. The van der Waals surface area contributed by atoms with Gasteiger partial charge in [0.05, 0.1) is 31.5 Å². The Morgan fingerprint density at radius 1 is 1.41 bits per heavy atom. The third kappa shape index (κ3) is 6.33. The van der Waals surface area contributed by atoms with Crippen molar-refractivity contribution in [2.45, 2.75) is 58.8 Å². The van der Waals surface area contributed by atoms with E-state index in [0.29, 0.717) is 0 Å². The van der Waals surface area contributed by atoms with Crippen molar-refractivity contribution in [1.82, 2.24) is 20.3 Å². The van der Waals surface area contributed by atoms with Crippen LogP contribution in [0.25, 0.3) is 11.3 Å². The van der Waals surface area contributed by atoms with Crippen LogP contribution in [0.4, 0.5) is 4.79 Å². The van der Waals surface area contributed by atoms with Crippen molar-refractivity contribution in [3.05, 3.63) is 35.5 Å². The van der Waals surface area contributed by atoms with Gasteiger partial charge in [0.15, 0.2) is 0 Å². The summed E-state index contributed by atoms with van der Waals surface area (Å²) in [6.07, 6.45) is 5.02. The molecule has 2 aromatic rings. The van der Waals surface area contributed by atoms with E-state index < -0.39 is 6.09 Å². The Labute approximate surface area is 171 Å². The number of benzene rings is 1. The number of ether oxygens (including phenoxy) is 2. The maximum absolute atomic E-state index is 11.4. The number of carbonyl (C=O) groups is 1. The zero-order chi connectivity index (χ0) is 20.6. The molecule has 1 amide bonds. The van der Waals surface area contributed by atoms with E-state index in [0.717, 1.165) is 48.4 Å².